The quantitative estimate of drug-likeness (QED) is 0.436. The van der Waals surface area contributed by atoms with Gasteiger partial charge in [0.15, 0.2) is 0 Å². The van der Waals surface area contributed by atoms with Crippen molar-refractivity contribution in [1.82, 2.24) is 14.7 Å². The van der Waals surface area contributed by atoms with E-state index in [-0.39, 0.29) is 23.7 Å². The molecule has 0 saturated heterocycles. The molecule has 0 radical (unpaired) electrons. The Kier molecular flexibility index (Phi) is 5.42. The molecule has 1 aromatic carbocycles. The summed E-state index contributed by atoms with van der Waals surface area (Å²) >= 11 is 5.85. The van der Waals surface area contributed by atoms with E-state index in [9.17, 15) is 18.5 Å². The molecule has 11 heteroatoms. The van der Waals surface area contributed by atoms with Gasteiger partial charge in [0.2, 0.25) is 10.0 Å². The van der Waals surface area contributed by atoms with Crippen molar-refractivity contribution in [1.29, 1.82) is 0 Å². The molecule has 9 nitrogen and oxygen atoms in total. The number of hydrogen-bond acceptors (Lipinski definition) is 7. The second-order valence-corrected chi connectivity index (χ2v) is 6.47. The van der Waals surface area contributed by atoms with Gasteiger partial charge in [-0.3, -0.25) is 10.1 Å². The van der Waals surface area contributed by atoms with Crippen LogP contribution in [0.2, 0.25) is 5.02 Å². The molecule has 0 atom stereocenters. The number of rotatable bonds is 7. The second kappa shape index (κ2) is 7.31. The lowest BCUT2D eigenvalue weighted by molar-refractivity contribution is -0.384. The van der Waals surface area contributed by atoms with Gasteiger partial charge in [-0.2, -0.15) is 0 Å². The number of nitro groups is 1. The highest BCUT2D eigenvalue weighted by Crippen LogP contribution is 2.16. The van der Waals surface area contributed by atoms with Crippen LogP contribution in [0.15, 0.2) is 41.7 Å². The van der Waals surface area contributed by atoms with Crippen LogP contribution in [0.4, 0.5) is 11.5 Å². The van der Waals surface area contributed by atoms with Crippen molar-refractivity contribution in [3.8, 4) is 0 Å². The van der Waals surface area contributed by atoms with Crippen LogP contribution < -0.4 is 10.0 Å². The number of benzene rings is 1. The third-order valence-electron chi connectivity index (χ3n) is 2.73. The number of sulfonamides is 1. The molecule has 1 heterocycles. The Hall–Kier alpha value is -2.30. The molecule has 0 aliphatic heterocycles. The maximum atomic E-state index is 12.0. The fraction of sp³-hybridized carbons (Fsp3) is 0.167. The molecule has 0 unspecified atom stereocenters. The number of nitrogens with zero attached hydrogens (tertiary/aromatic N) is 3. The van der Waals surface area contributed by atoms with E-state index >= 15 is 0 Å². The zero-order valence-corrected chi connectivity index (χ0v) is 13.2. The maximum absolute atomic E-state index is 12.0. The zero-order chi connectivity index (χ0) is 16.9. The summed E-state index contributed by atoms with van der Waals surface area (Å²) in [5, 5.41) is 13.7. The molecule has 2 N–H and O–H groups in total. The topological polar surface area (TPSA) is 127 Å². The Bertz CT molecular complexity index is 797. The fourth-order valence-corrected chi connectivity index (χ4v) is 2.84. The van der Waals surface area contributed by atoms with Gasteiger partial charge in [0.1, 0.15) is 17.2 Å². The minimum absolute atomic E-state index is 0.0526. The first-order valence-electron chi connectivity index (χ1n) is 6.33. The molecular formula is C12H12ClN5O4S. The Morgan fingerprint density at radius 2 is 1.91 bits per heavy atom. The monoisotopic (exact) mass is 357 g/mol. The van der Waals surface area contributed by atoms with Crippen LogP contribution in [0.3, 0.4) is 0 Å². The summed E-state index contributed by atoms with van der Waals surface area (Å²) in [6.45, 7) is 0.336. The largest absolute Gasteiger partial charge is 0.367 e. The van der Waals surface area contributed by atoms with E-state index < -0.39 is 14.9 Å². The lowest BCUT2D eigenvalue weighted by Crippen LogP contribution is -2.29. The first-order valence-corrected chi connectivity index (χ1v) is 8.20. The van der Waals surface area contributed by atoms with Crippen LogP contribution in [0.25, 0.3) is 0 Å². The van der Waals surface area contributed by atoms with Gasteiger partial charge in [-0.25, -0.2) is 23.1 Å². The van der Waals surface area contributed by atoms with Crippen LogP contribution in [0.1, 0.15) is 0 Å². The van der Waals surface area contributed by atoms with Crippen molar-refractivity contribution < 1.29 is 13.3 Å². The van der Waals surface area contributed by atoms with Gasteiger partial charge in [0.25, 0.3) is 5.69 Å². The molecule has 0 amide bonds. The van der Waals surface area contributed by atoms with Gasteiger partial charge in [-0.15, -0.1) is 0 Å². The van der Waals surface area contributed by atoms with E-state index in [2.05, 4.69) is 20.0 Å². The van der Waals surface area contributed by atoms with Crippen LogP contribution in [0, 0.1) is 10.1 Å². The number of aromatic nitrogens is 2. The number of nitro benzene ring substituents is 1. The molecule has 122 valence electrons. The molecule has 1 aromatic heterocycles. The lowest BCUT2D eigenvalue weighted by atomic mass is 10.3. The number of anilines is 1. The molecule has 0 aliphatic rings. The highest BCUT2D eigenvalue weighted by atomic mass is 35.5. The smallest absolute Gasteiger partial charge is 0.269 e. The third-order valence-corrected chi connectivity index (χ3v) is 4.49. The van der Waals surface area contributed by atoms with Gasteiger partial charge in [0.05, 0.1) is 16.0 Å². The molecular weight excluding hydrogens is 346 g/mol. The van der Waals surface area contributed by atoms with Gasteiger partial charge >= 0.3 is 0 Å². The molecule has 0 aliphatic carbocycles. The predicted molar refractivity (Wildman–Crippen MR) is 83.8 cm³/mol. The van der Waals surface area contributed by atoms with Crippen molar-refractivity contribution in [2.45, 2.75) is 4.90 Å². The summed E-state index contributed by atoms with van der Waals surface area (Å²) in [5.74, 6) is 0.399. The van der Waals surface area contributed by atoms with Crippen LogP contribution in [0.5, 0.6) is 0 Å². The Balaban J connectivity index is 1.91. The summed E-state index contributed by atoms with van der Waals surface area (Å²) in [4.78, 5) is 17.5. The molecule has 0 spiro atoms. The van der Waals surface area contributed by atoms with E-state index in [0.717, 1.165) is 12.1 Å². The number of halogens is 1. The summed E-state index contributed by atoms with van der Waals surface area (Å²) in [6.07, 6.45) is 2.73. The Morgan fingerprint density at radius 3 is 2.52 bits per heavy atom. The first-order chi connectivity index (χ1) is 10.9. The minimum Gasteiger partial charge on any atom is -0.367 e. The molecule has 0 fully saturated rings. The van der Waals surface area contributed by atoms with Gasteiger partial charge in [-0.05, 0) is 12.1 Å². The van der Waals surface area contributed by atoms with Crippen molar-refractivity contribution in [3.05, 3.63) is 51.9 Å². The van der Waals surface area contributed by atoms with Gasteiger partial charge < -0.3 is 5.32 Å². The average Bonchev–Trinajstić information content (AvgIpc) is 2.53. The van der Waals surface area contributed by atoms with Gasteiger partial charge in [-0.1, -0.05) is 11.6 Å². The minimum atomic E-state index is -3.75. The molecule has 2 rings (SSSR count). The van der Waals surface area contributed by atoms with E-state index in [4.69, 9.17) is 11.6 Å². The second-order valence-electron chi connectivity index (χ2n) is 4.29. The fourth-order valence-electron chi connectivity index (χ4n) is 1.64. The van der Waals surface area contributed by atoms with Crippen molar-refractivity contribution >= 4 is 33.1 Å². The van der Waals surface area contributed by atoms with E-state index in [1.807, 2.05) is 0 Å². The van der Waals surface area contributed by atoms with Crippen molar-refractivity contribution in [3.63, 3.8) is 0 Å². The van der Waals surface area contributed by atoms with E-state index in [1.54, 1.807) is 0 Å². The summed E-state index contributed by atoms with van der Waals surface area (Å²) in [6, 6.07) is 4.62. The number of nitrogens with one attached hydrogen (secondary N) is 2. The maximum Gasteiger partial charge on any atom is 0.269 e. The standard InChI is InChI=1S/C12H12ClN5O4S/c13-11-7-14-8-16-12(11)15-5-6-17-23(21,22)10-3-1-9(2-4-10)18(19)20/h1-4,7-8,17H,5-6H2,(H,14,15,16). The predicted octanol–water partition coefficient (Wildman–Crippen LogP) is 1.43. The highest BCUT2D eigenvalue weighted by molar-refractivity contribution is 7.89. The zero-order valence-electron chi connectivity index (χ0n) is 11.6. The SMILES string of the molecule is O=[N+]([O-])c1ccc(S(=O)(=O)NCCNc2ncncc2Cl)cc1. The van der Waals surface area contributed by atoms with E-state index in [1.165, 1.54) is 24.7 Å². The summed E-state index contributed by atoms with van der Waals surface area (Å²) in [5.41, 5.74) is -0.177. The highest BCUT2D eigenvalue weighted by Gasteiger charge is 2.15. The number of hydrogen-bond donors (Lipinski definition) is 2. The molecule has 0 bridgehead atoms. The van der Waals surface area contributed by atoms with Crippen molar-refractivity contribution in [2.75, 3.05) is 18.4 Å². The van der Waals surface area contributed by atoms with Crippen LogP contribution >= 0.6 is 11.6 Å². The molecule has 0 saturated carbocycles. The third kappa shape index (κ3) is 4.58. The lowest BCUT2D eigenvalue weighted by Gasteiger charge is -2.08. The Labute approximate surface area is 136 Å². The van der Waals surface area contributed by atoms with Gasteiger partial charge in [0, 0.05) is 25.2 Å². The first kappa shape index (κ1) is 17.1. The Morgan fingerprint density at radius 1 is 1.22 bits per heavy atom. The average molecular weight is 358 g/mol. The molecule has 2 aromatic rings. The van der Waals surface area contributed by atoms with Crippen LogP contribution in [-0.4, -0.2) is 36.4 Å². The van der Waals surface area contributed by atoms with E-state index in [0.29, 0.717) is 10.8 Å². The summed E-state index contributed by atoms with van der Waals surface area (Å²) < 4.78 is 26.4. The normalized spacial score (nSPS) is 11.2. The number of non-ortho nitro benzene ring substituents is 1. The van der Waals surface area contributed by atoms with Crippen LogP contribution in [-0.2, 0) is 10.0 Å². The summed E-state index contributed by atoms with van der Waals surface area (Å²) in [7, 11) is -3.75. The van der Waals surface area contributed by atoms with Crippen molar-refractivity contribution in [2.24, 2.45) is 0 Å². The molecule has 23 heavy (non-hydrogen) atoms.